The molecule has 192 valence electrons. The number of fused-ring (bicyclic) bond motifs is 1. The second-order valence-corrected chi connectivity index (χ2v) is 9.77. The number of hydrogen-bond donors (Lipinski definition) is 1. The van der Waals surface area contributed by atoms with E-state index in [1.165, 1.54) is 18.2 Å². The van der Waals surface area contributed by atoms with Gasteiger partial charge in [0.1, 0.15) is 5.75 Å². The number of carboxylic acids is 1. The molecule has 1 aromatic heterocycles. The average Bonchev–Trinajstić information content (AvgIpc) is 3.09. The Bertz CT molecular complexity index is 1340. The van der Waals surface area contributed by atoms with Crippen molar-refractivity contribution in [2.45, 2.75) is 26.1 Å². The number of ether oxygens (including phenoxy) is 1. The van der Waals surface area contributed by atoms with Crippen molar-refractivity contribution in [3.8, 4) is 5.75 Å². The van der Waals surface area contributed by atoms with Crippen LogP contribution >= 0.6 is 23.2 Å². The average molecular weight is 543 g/mol. The predicted octanol–water partition coefficient (Wildman–Crippen LogP) is 6.16. The van der Waals surface area contributed by atoms with Crippen molar-refractivity contribution in [3.63, 3.8) is 0 Å². The molecule has 3 aromatic rings. The molecule has 1 fully saturated rings. The lowest BCUT2D eigenvalue weighted by Gasteiger charge is -2.35. The number of likely N-dealkylation sites (tertiary alicyclic amines) is 1. The first-order valence-electron chi connectivity index (χ1n) is 11.2. The van der Waals surface area contributed by atoms with Crippen LogP contribution < -0.4 is 4.74 Å². The Morgan fingerprint density at radius 3 is 2.53 bits per heavy atom. The topological polar surface area (TPSA) is 71.8 Å². The number of nitrogens with zero attached hydrogens (tertiary/aromatic N) is 2. The number of benzene rings is 2. The third kappa shape index (κ3) is 5.27. The molecule has 4 rings (SSSR count). The minimum absolute atomic E-state index is 0.187. The normalized spacial score (nSPS) is 18.5. The van der Waals surface area contributed by atoms with Gasteiger partial charge in [-0.1, -0.05) is 30.1 Å². The first-order valence-corrected chi connectivity index (χ1v) is 11.9. The van der Waals surface area contributed by atoms with Gasteiger partial charge in [0.25, 0.3) is 5.91 Å². The molecule has 1 amide bonds. The van der Waals surface area contributed by atoms with Gasteiger partial charge >= 0.3 is 12.3 Å². The molecule has 0 radical (unpaired) electrons. The van der Waals surface area contributed by atoms with Gasteiger partial charge in [-0.15, -0.1) is 13.2 Å². The molecule has 0 bridgehead atoms. The number of aryl methyl sites for hydroxylation is 1. The molecule has 2 heterocycles. The Balaban J connectivity index is 1.61. The van der Waals surface area contributed by atoms with Gasteiger partial charge in [0, 0.05) is 48.7 Å². The van der Waals surface area contributed by atoms with Gasteiger partial charge in [-0.25, -0.2) is 0 Å². The van der Waals surface area contributed by atoms with Gasteiger partial charge in [0.15, 0.2) is 0 Å². The summed E-state index contributed by atoms with van der Waals surface area (Å²) < 4.78 is 43.6. The minimum atomic E-state index is -4.80. The first kappa shape index (κ1) is 26.2. The van der Waals surface area contributed by atoms with Crippen molar-refractivity contribution in [2.24, 2.45) is 18.9 Å². The number of piperidine rings is 1. The van der Waals surface area contributed by atoms with Crippen LogP contribution in [0.3, 0.4) is 0 Å². The Morgan fingerprint density at radius 2 is 1.89 bits per heavy atom. The largest absolute Gasteiger partial charge is 0.573 e. The number of carboxylic acid groups (broad SMARTS) is 1. The number of alkyl halides is 3. The summed E-state index contributed by atoms with van der Waals surface area (Å²) >= 11 is 13.1. The zero-order valence-corrected chi connectivity index (χ0v) is 20.9. The molecule has 1 saturated heterocycles. The second-order valence-electron chi connectivity index (χ2n) is 8.99. The molecule has 1 aliphatic rings. The molecule has 0 aliphatic carbocycles. The summed E-state index contributed by atoms with van der Waals surface area (Å²) in [5.41, 5.74) is 2.02. The summed E-state index contributed by atoms with van der Waals surface area (Å²) in [4.78, 5) is 26.3. The number of carbonyl (C=O) groups excluding carboxylic acids is 1. The SMILES string of the molecule is CC1CN(C(=O)c2ccc(Cl)c(Cc3cc4ccc(OC(F)(F)F)cc4n3C)c2Cl)CCC1C(=O)O. The van der Waals surface area contributed by atoms with E-state index in [0.29, 0.717) is 41.0 Å². The third-order valence-corrected chi connectivity index (χ3v) is 7.42. The van der Waals surface area contributed by atoms with Crippen molar-refractivity contribution in [1.29, 1.82) is 0 Å². The molecule has 11 heteroatoms. The van der Waals surface area contributed by atoms with Crippen molar-refractivity contribution in [1.82, 2.24) is 9.47 Å². The fraction of sp³-hybridized carbons (Fsp3) is 0.360. The van der Waals surface area contributed by atoms with Crippen molar-refractivity contribution in [3.05, 3.63) is 63.3 Å². The summed E-state index contributed by atoms with van der Waals surface area (Å²) in [6.45, 7) is 2.41. The Morgan fingerprint density at radius 1 is 1.17 bits per heavy atom. The summed E-state index contributed by atoms with van der Waals surface area (Å²) in [6.07, 6.45) is -4.20. The van der Waals surface area contributed by atoms with Crippen LogP contribution in [0.2, 0.25) is 10.0 Å². The molecule has 0 spiro atoms. The number of aliphatic carboxylic acids is 1. The Labute approximate surface area is 215 Å². The predicted molar refractivity (Wildman–Crippen MR) is 130 cm³/mol. The minimum Gasteiger partial charge on any atom is -0.481 e. The third-order valence-electron chi connectivity index (χ3n) is 6.63. The molecule has 1 aliphatic heterocycles. The quantitative estimate of drug-likeness (QED) is 0.419. The summed E-state index contributed by atoms with van der Waals surface area (Å²) in [5.74, 6) is -2.20. The highest BCUT2D eigenvalue weighted by atomic mass is 35.5. The monoisotopic (exact) mass is 542 g/mol. The van der Waals surface area contributed by atoms with Crippen LogP contribution in [0.25, 0.3) is 10.9 Å². The van der Waals surface area contributed by atoms with Gasteiger partial charge in [0.05, 0.1) is 22.0 Å². The van der Waals surface area contributed by atoms with Gasteiger partial charge < -0.3 is 19.3 Å². The maximum Gasteiger partial charge on any atom is 0.573 e. The number of rotatable bonds is 5. The maximum atomic E-state index is 13.3. The van der Waals surface area contributed by atoms with E-state index in [-0.39, 0.29) is 34.6 Å². The highest BCUT2D eigenvalue weighted by Crippen LogP contribution is 2.34. The lowest BCUT2D eigenvalue weighted by Crippen LogP contribution is -2.45. The van der Waals surface area contributed by atoms with E-state index in [4.69, 9.17) is 23.2 Å². The summed E-state index contributed by atoms with van der Waals surface area (Å²) in [6, 6.07) is 9.02. The van der Waals surface area contributed by atoms with Crippen LogP contribution in [0.15, 0.2) is 36.4 Å². The molecule has 2 aromatic carbocycles. The van der Waals surface area contributed by atoms with E-state index in [9.17, 15) is 27.9 Å². The molecular formula is C25H23Cl2F3N2O4. The second kappa shape index (κ2) is 9.86. The lowest BCUT2D eigenvalue weighted by atomic mass is 9.86. The Kier molecular flexibility index (Phi) is 7.16. The summed E-state index contributed by atoms with van der Waals surface area (Å²) in [5, 5.41) is 10.6. The number of carbonyl (C=O) groups is 2. The Hall–Kier alpha value is -2.91. The highest BCUT2D eigenvalue weighted by molar-refractivity contribution is 6.38. The van der Waals surface area contributed by atoms with E-state index in [2.05, 4.69) is 4.74 Å². The number of amides is 1. The van der Waals surface area contributed by atoms with Gasteiger partial charge in [-0.05, 0) is 48.2 Å². The van der Waals surface area contributed by atoms with Crippen LogP contribution in [0.5, 0.6) is 5.75 Å². The van der Waals surface area contributed by atoms with E-state index >= 15 is 0 Å². The maximum absolute atomic E-state index is 13.3. The standard InChI is InChI=1S/C25H23Cl2F3N2O4/c1-13-12-32(8-7-17(13)24(34)35)23(33)18-5-6-20(26)19(22(18)27)10-15-9-14-3-4-16(36-25(28,29)30)11-21(14)31(15)2/h3-6,9,11,13,17H,7-8,10,12H2,1-2H3,(H,34,35). The van der Waals surface area contributed by atoms with Gasteiger partial charge in [-0.3, -0.25) is 9.59 Å². The zero-order chi connectivity index (χ0) is 26.4. The van der Waals surface area contributed by atoms with Crippen molar-refractivity contribution >= 4 is 46.0 Å². The number of aromatic nitrogens is 1. The van der Waals surface area contributed by atoms with E-state index < -0.39 is 18.2 Å². The first-order chi connectivity index (χ1) is 16.9. The van der Waals surface area contributed by atoms with E-state index in [0.717, 1.165) is 5.69 Å². The molecule has 0 saturated carbocycles. The number of halogens is 5. The fourth-order valence-corrected chi connectivity index (χ4v) is 5.29. The van der Waals surface area contributed by atoms with Crippen molar-refractivity contribution < 1.29 is 32.6 Å². The van der Waals surface area contributed by atoms with E-state index in [1.54, 1.807) is 35.6 Å². The summed E-state index contributed by atoms with van der Waals surface area (Å²) in [7, 11) is 1.71. The van der Waals surface area contributed by atoms with Crippen LogP contribution in [0.1, 0.15) is 35.0 Å². The van der Waals surface area contributed by atoms with Gasteiger partial charge in [0.2, 0.25) is 0 Å². The lowest BCUT2D eigenvalue weighted by molar-refractivity contribution is -0.274. The fourth-order valence-electron chi connectivity index (χ4n) is 4.71. The van der Waals surface area contributed by atoms with Crippen LogP contribution in [-0.2, 0) is 18.3 Å². The van der Waals surface area contributed by atoms with Crippen LogP contribution in [0.4, 0.5) is 13.2 Å². The number of hydrogen-bond acceptors (Lipinski definition) is 3. The molecule has 2 atom stereocenters. The smallest absolute Gasteiger partial charge is 0.481 e. The molecule has 1 N–H and O–H groups in total. The molecule has 6 nitrogen and oxygen atoms in total. The highest BCUT2D eigenvalue weighted by Gasteiger charge is 2.34. The molecule has 36 heavy (non-hydrogen) atoms. The molecule has 2 unspecified atom stereocenters. The van der Waals surface area contributed by atoms with Crippen molar-refractivity contribution in [2.75, 3.05) is 13.1 Å². The van der Waals surface area contributed by atoms with Gasteiger partial charge in [-0.2, -0.15) is 0 Å². The van der Waals surface area contributed by atoms with Crippen LogP contribution in [0, 0.1) is 11.8 Å². The van der Waals surface area contributed by atoms with E-state index in [1.807, 2.05) is 6.07 Å². The molecular weight excluding hydrogens is 520 g/mol. The van der Waals surface area contributed by atoms with Crippen LogP contribution in [-0.4, -0.2) is 45.9 Å². The zero-order valence-electron chi connectivity index (χ0n) is 19.4.